The Morgan fingerprint density at radius 2 is 1.97 bits per heavy atom. The van der Waals surface area contributed by atoms with E-state index in [2.05, 4.69) is 10.1 Å². The van der Waals surface area contributed by atoms with E-state index in [-0.39, 0.29) is 5.69 Å². The molecule has 0 aliphatic carbocycles. The summed E-state index contributed by atoms with van der Waals surface area (Å²) in [6.07, 6.45) is 0. The number of amides is 1. The van der Waals surface area contributed by atoms with Gasteiger partial charge < -0.3 is 18.6 Å². The molecule has 2 aromatic heterocycles. The van der Waals surface area contributed by atoms with E-state index in [4.69, 9.17) is 14.0 Å². The van der Waals surface area contributed by atoms with Crippen molar-refractivity contribution in [3.8, 4) is 11.3 Å². The van der Waals surface area contributed by atoms with Crippen LogP contribution in [0, 0.1) is 0 Å². The quantitative estimate of drug-likeness (QED) is 0.312. The Balaban J connectivity index is 1.72. The van der Waals surface area contributed by atoms with Crippen molar-refractivity contribution in [3.05, 3.63) is 70.7 Å². The highest BCUT2D eigenvalue weighted by atomic mass is 32.1. The number of esters is 1. The highest BCUT2D eigenvalue weighted by Gasteiger charge is 2.16. The second-order valence-corrected chi connectivity index (χ2v) is 7.78. The molecule has 9 heteroatoms. The van der Waals surface area contributed by atoms with Crippen LogP contribution in [0.2, 0.25) is 0 Å². The van der Waals surface area contributed by atoms with Gasteiger partial charge in [-0.05, 0) is 25.1 Å². The van der Waals surface area contributed by atoms with E-state index in [0.717, 1.165) is 15.8 Å². The molecule has 0 unspecified atom stereocenters. The number of fused-ring (bicyclic) bond motifs is 1. The minimum Gasteiger partial charge on any atom is -0.465 e. The average Bonchev–Trinajstić information content (AvgIpc) is 3.44. The van der Waals surface area contributed by atoms with Crippen molar-refractivity contribution in [2.75, 3.05) is 20.3 Å². The van der Waals surface area contributed by atoms with Gasteiger partial charge >= 0.3 is 11.9 Å². The summed E-state index contributed by atoms with van der Waals surface area (Å²) >= 11 is 1.30. The van der Waals surface area contributed by atoms with Gasteiger partial charge in [0.2, 0.25) is 0 Å². The standard InChI is InChI=1S/C23H21N3O5S/c1-3-30-12-11-26-18-10-9-16(22(28)29-2)13-20(18)32-23(26)24-21(27)17-14-19(31-25-17)15-7-5-4-6-8-15/h4-10,13-14H,3,11-12H2,1-2H3. The van der Waals surface area contributed by atoms with Gasteiger partial charge in [-0.25, -0.2) is 4.79 Å². The predicted octanol–water partition coefficient (Wildman–Crippen LogP) is 3.92. The molecule has 0 N–H and O–H groups in total. The lowest BCUT2D eigenvalue weighted by Gasteiger charge is -2.05. The summed E-state index contributed by atoms with van der Waals surface area (Å²) < 4.78 is 18.3. The zero-order valence-electron chi connectivity index (χ0n) is 17.6. The highest BCUT2D eigenvalue weighted by molar-refractivity contribution is 7.16. The first-order valence-corrected chi connectivity index (χ1v) is 10.8. The molecule has 4 aromatic rings. The lowest BCUT2D eigenvalue weighted by atomic mass is 10.1. The van der Waals surface area contributed by atoms with E-state index in [1.807, 2.05) is 47.9 Å². The van der Waals surface area contributed by atoms with Crippen molar-refractivity contribution < 1.29 is 23.6 Å². The number of aromatic nitrogens is 2. The molecule has 2 heterocycles. The number of methoxy groups -OCH3 is 1. The number of hydrogen-bond acceptors (Lipinski definition) is 7. The maximum Gasteiger partial charge on any atom is 0.337 e. The van der Waals surface area contributed by atoms with E-state index in [9.17, 15) is 9.59 Å². The molecule has 1 amide bonds. The Morgan fingerprint density at radius 1 is 1.16 bits per heavy atom. The Morgan fingerprint density at radius 3 is 2.72 bits per heavy atom. The summed E-state index contributed by atoms with van der Waals surface area (Å²) in [5.41, 5.74) is 2.22. The number of ether oxygens (including phenoxy) is 2. The third-order valence-electron chi connectivity index (χ3n) is 4.75. The van der Waals surface area contributed by atoms with Crippen LogP contribution in [0.4, 0.5) is 0 Å². The summed E-state index contributed by atoms with van der Waals surface area (Å²) in [5.74, 6) is -0.444. The second-order valence-electron chi connectivity index (χ2n) is 6.77. The molecule has 0 atom stereocenters. The van der Waals surface area contributed by atoms with Gasteiger partial charge in [0.05, 0.1) is 29.5 Å². The molecule has 0 spiro atoms. The van der Waals surface area contributed by atoms with Gasteiger partial charge in [-0.2, -0.15) is 4.99 Å². The van der Waals surface area contributed by atoms with Crippen LogP contribution in [-0.4, -0.2) is 41.9 Å². The molecule has 0 saturated carbocycles. The Kier molecular flexibility index (Phi) is 6.58. The molecule has 4 rings (SSSR count). The van der Waals surface area contributed by atoms with E-state index in [0.29, 0.717) is 35.9 Å². The first-order chi connectivity index (χ1) is 15.6. The lowest BCUT2D eigenvalue weighted by molar-refractivity contribution is 0.0600. The van der Waals surface area contributed by atoms with Gasteiger partial charge in [0, 0.05) is 24.8 Å². The summed E-state index contributed by atoms with van der Waals surface area (Å²) in [5, 5.41) is 3.89. The second kappa shape index (κ2) is 9.71. The van der Waals surface area contributed by atoms with Crippen molar-refractivity contribution >= 4 is 33.4 Å². The van der Waals surface area contributed by atoms with Gasteiger partial charge in [0.1, 0.15) is 0 Å². The fourth-order valence-corrected chi connectivity index (χ4v) is 4.27. The van der Waals surface area contributed by atoms with Gasteiger partial charge in [-0.1, -0.05) is 46.8 Å². The van der Waals surface area contributed by atoms with Crippen molar-refractivity contribution in [2.45, 2.75) is 13.5 Å². The van der Waals surface area contributed by atoms with Crippen LogP contribution in [0.15, 0.2) is 64.1 Å². The molecule has 0 saturated heterocycles. The van der Waals surface area contributed by atoms with Crippen LogP contribution in [-0.2, 0) is 16.0 Å². The molecule has 8 nitrogen and oxygen atoms in total. The van der Waals surface area contributed by atoms with E-state index >= 15 is 0 Å². The summed E-state index contributed by atoms with van der Waals surface area (Å²) in [6.45, 7) is 3.47. The number of carbonyl (C=O) groups excluding carboxylic acids is 2. The smallest absolute Gasteiger partial charge is 0.337 e. The summed E-state index contributed by atoms with van der Waals surface area (Å²) in [4.78, 5) is 29.5. The van der Waals surface area contributed by atoms with Crippen molar-refractivity contribution in [3.63, 3.8) is 0 Å². The monoisotopic (exact) mass is 451 g/mol. The van der Waals surface area contributed by atoms with Gasteiger partial charge in [0.25, 0.3) is 0 Å². The average molecular weight is 452 g/mol. The molecule has 2 aromatic carbocycles. The normalized spacial score (nSPS) is 11.8. The van der Waals surface area contributed by atoms with Gasteiger partial charge in [0.15, 0.2) is 16.3 Å². The van der Waals surface area contributed by atoms with Crippen molar-refractivity contribution in [1.82, 2.24) is 9.72 Å². The summed E-state index contributed by atoms with van der Waals surface area (Å²) in [6, 6.07) is 16.2. The number of hydrogen-bond donors (Lipinski definition) is 0. The number of carbonyl (C=O) groups is 2. The lowest BCUT2D eigenvalue weighted by Crippen LogP contribution is -2.19. The Labute approximate surface area is 187 Å². The van der Waals surface area contributed by atoms with Gasteiger partial charge in [-0.15, -0.1) is 0 Å². The summed E-state index contributed by atoms with van der Waals surface area (Å²) in [7, 11) is 1.34. The topological polar surface area (TPSA) is 95.9 Å². The molecule has 32 heavy (non-hydrogen) atoms. The molecule has 0 bridgehead atoms. The third kappa shape index (κ3) is 4.53. The molecular formula is C23H21N3O5S. The molecule has 0 aliphatic heterocycles. The number of thiazole rings is 1. The minimum absolute atomic E-state index is 0.118. The molecule has 0 aliphatic rings. The number of nitrogens with zero attached hydrogens (tertiary/aromatic N) is 3. The molecule has 0 radical (unpaired) electrons. The third-order valence-corrected chi connectivity index (χ3v) is 5.79. The number of rotatable bonds is 7. The SMILES string of the molecule is CCOCCn1c(=NC(=O)c2cc(-c3ccccc3)on2)sc2cc(C(=O)OC)ccc21. The molecule has 0 fully saturated rings. The predicted molar refractivity (Wildman–Crippen MR) is 119 cm³/mol. The first-order valence-electron chi connectivity index (χ1n) is 10.0. The van der Waals surface area contributed by atoms with Gasteiger partial charge in [-0.3, -0.25) is 4.79 Å². The molecule has 164 valence electrons. The Bertz CT molecular complexity index is 1320. The highest BCUT2D eigenvalue weighted by Crippen LogP contribution is 2.22. The van der Waals surface area contributed by atoms with Crippen LogP contribution < -0.4 is 4.80 Å². The van der Waals surface area contributed by atoms with E-state index < -0.39 is 11.9 Å². The van der Waals surface area contributed by atoms with Crippen LogP contribution in [0.3, 0.4) is 0 Å². The van der Waals surface area contributed by atoms with Crippen LogP contribution in [0.5, 0.6) is 0 Å². The van der Waals surface area contributed by atoms with E-state index in [1.165, 1.54) is 18.4 Å². The van der Waals surface area contributed by atoms with Crippen LogP contribution in [0.25, 0.3) is 21.5 Å². The van der Waals surface area contributed by atoms with Crippen LogP contribution in [0.1, 0.15) is 27.8 Å². The largest absolute Gasteiger partial charge is 0.465 e. The fourth-order valence-electron chi connectivity index (χ4n) is 3.18. The van der Waals surface area contributed by atoms with Crippen molar-refractivity contribution in [2.24, 2.45) is 4.99 Å². The maximum absolute atomic E-state index is 12.8. The first kappa shape index (κ1) is 21.7. The fraction of sp³-hybridized carbons (Fsp3) is 0.217. The van der Waals surface area contributed by atoms with Crippen LogP contribution >= 0.6 is 11.3 Å². The number of benzene rings is 2. The zero-order valence-corrected chi connectivity index (χ0v) is 18.4. The van der Waals surface area contributed by atoms with E-state index in [1.54, 1.807) is 18.2 Å². The van der Waals surface area contributed by atoms with Crippen molar-refractivity contribution in [1.29, 1.82) is 0 Å². The zero-order chi connectivity index (χ0) is 22.5. The Hall–Kier alpha value is -3.56. The minimum atomic E-state index is -0.513. The molecular weight excluding hydrogens is 430 g/mol. The maximum atomic E-state index is 12.8.